The van der Waals surface area contributed by atoms with Crippen LogP contribution in [0.3, 0.4) is 0 Å². The van der Waals surface area contributed by atoms with E-state index in [1.807, 2.05) is 36.4 Å². The van der Waals surface area contributed by atoms with Crippen molar-refractivity contribution in [3.8, 4) is 0 Å². The minimum Gasteiger partial charge on any atom is -0.376 e. The monoisotopic (exact) mass is 468 g/mol. The van der Waals surface area contributed by atoms with Crippen molar-refractivity contribution in [1.82, 2.24) is 10.2 Å². The SMILES string of the molecule is O=C(NC1=CN(CCC(c2ccccc2)c2ccccc2)CC1)c1cccc(C(F)(F)F)c1F. The van der Waals surface area contributed by atoms with Crippen molar-refractivity contribution in [2.24, 2.45) is 0 Å². The van der Waals surface area contributed by atoms with Gasteiger partial charge in [0.1, 0.15) is 5.82 Å². The van der Waals surface area contributed by atoms with Crippen molar-refractivity contribution in [3.63, 3.8) is 0 Å². The van der Waals surface area contributed by atoms with Gasteiger partial charge >= 0.3 is 6.18 Å². The van der Waals surface area contributed by atoms with E-state index < -0.39 is 29.0 Å². The predicted octanol–water partition coefficient (Wildman–Crippen LogP) is 6.34. The summed E-state index contributed by atoms with van der Waals surface area (Å²) in [5.74, 6) is -2.24. The van der Waals surface area contributed by atoms with Gasteiger partial charge in [-0.25, -0.2) is 4.39 Å². The van der Waals surface area contributed by atoms with E-state index in [-0.39, 0.29) is 5.92 Å². The lowest BCUT2D eigenvalue weighted by molar-refractivity contribution is -0.140. The highest BCUT2D eigenvalue weighted by Gasteiger charge is 2.35. The molecule has 1 N–H and O–H groups in total. The number of benzene rings is 3. The molecule has 3 aromatic carbocycles. The maximum atomic E-state index is 14.3. The van der Waals surface area contributed by atoms with Gasteiger partial charge < -0.3 is 10.2 Å². The van der Waals surface area contributed by atoms with Crippen LogP contribution < -0.4 is 5.32 Å². The Bertz CT molecular complexity index is 1120. The van der Waals surface area contributed by atoms with Gasteiger partial charge in [0.05, 0.1) is 11.1 Å². The number of rotatable bonds is 7. The van der Waals surface area contributed by atoms with Crippen molar-refractivity contribution in [1.29, 1.82) is 0 Å². The number of hydrogen-bond acceptors (Lipinski definition) is 2. The highest BCUT2D eigenvalue weighted by Crippen LogP contribution is 2.33. The van der Waals surface area contributed by atoms with E-state index in [0.29, 0.717) is 24.7 Å². The van der Waals surface area contributed by atoms with Crippen LogP contribution in [0, 0.1) is 5.82 Å². The van der Waals surface area contributed by atoms with E-state index in [4.69, 9.17) is 0 Å². The van der Waals surface area contributed by atoms with Crippen molar-refractivity contribution in [3.05, 3.63) is 119 Å². The zero-order valence-electron chi connectivity index (χ0n) is 18.4. The van der Waals surface area contributed by atoms with E-state index in [2.05, 4.69) is 34.5 Å². The molecule has 0 bridgehead atoms. The lowest BCUT2D eigenvalue weighted by atomic mass is 9.88. The summed E-state index contributed by atoms with van der Waals surface area (Å²) in [6, 6.07) is 23.2. The molecule has 0 unspecified atom stereocenters. The van der Waals surface area contributed by atoms with Crippen molar-refractivity contribution >= 4 is 5.91 Å². The molecule has 0 spiro atoms. The van der Waals surface area contributed by atoms with Crippen LogP contribution in [0.25, 0.3) is 0 Å². The summed E-state index contributed by atoms with van der Waals surface area (Å²) >= 11 is 0. The standard InChI is InChI=1S/C27H24F4N2O/c28-25-23(12-7-13-24(25)27(29,30)31)26(34)32-21-14-16-33(18-21)17-15-22(19-8-3-1-4-9-19)20-10-5-2-6-11-20/h1-13,18,22H,14-17H2,(H,32,34). The molecule has 0 atom stereocenters. The first kappa shape index (κ1) is 23.5. The van der Waals surface area contributed by atoms with Crippen LogP contribution in [0.1, 0.15) is 45.8 Å². The number of halogens is 4. The Morgan fingerprint density at radius 1 is 0.912 bits per heavy atom. The average Bonchev–Trinajstić information content (AvgIpc) is 3.27. The fraction of sp³-hybridized carbons (Fsp3) is 0.222. The fourth-order valence-corrected chi connectivity index (χ4v) is 4.22. The van der Waals surface area contributed by atoms with E-state index >= 15 is 0 Å². The van der Waals surface area contributed by atoms with Crippen molar-refractivity contribution < 1.29 is 22.4 Å². The van der Waals surface area contributed by atoms with Gasteiger partial charge in [-0.05, 0) is 29.7 Å². The van der Waals surface area contributed by atoms with Gasteiger partial charge in [0.2, 0.25) is 0 Å². The van der Waals surface area contributed by atoms with Gasteiger partial charge in [0.15, 0.2) is 0 Å². The zero-order chi connectivity index (χ0) is 24.1. The van der Waals surface area contributed by atoms with Crippen LogP contribution in [-0.2, 0) is 6.18 Å². The Hall–Kier alpha value is -3.61. The quantitative estimate of drug-likeness (QED) is 0.410. The van der Waals surface area contributed by atoms with Gasteiger partial charge in [-0.2, -0.15) is 13.2 Å². The molecule has 4 rings (SSSR count). The molecule has 3 nitrogen and oxygen atoms in total. The molecule has 0 saturated carbocycles. The van der Waals surface area contributed by atoms with Gasteiger partial charge in [0, 0.05) is 37.3 Å². The minimum absolute atomic E-state index is 0.202. The fourth-order valence-electron chi connectivity index (χ4n) is 4.22. The molecule has 34 heavy (non-hydrogen) atoms. The van der Waals surface area contributed by atoms with Crippen LogP contribution in [0.4, 0.5) is 17.6 Å². The Morgan fingerprint density at radius 2 is 1.53 bits per heavy atom. The van der Waals surface area contributed by atoms with Crippen LogP contribution >= 0.6 is 0 Å². The summed E-state index contributed by atoms with van der Waals surface area (Å²) in [6.07, 6.45) is -1.71. The van der Waals surface area contributed by atoms with E-state index in [1.54, 1.807) is 6.20 Å². The summed E-state index contributed by atoms with van der Waals surface area (Å²) in [5, 5.41) is 2.57. The molecule has 3 aromatic rings. The molecular weight excluding hydrogens is 444 g/mol. The molecule has 1 heterocycles. The van der Waals surface area contributed by atoms with Crippen LogP contribution in [0.5, 0.6) is 0 Å². The highest BCUT2D eigenvalue weighted by atomic mass is 19.4. The molecule has 0 fully saturated rings. The van der Waals surface area contributed by atoms with Crippen LogP contribution in [0.2, 0.25) is 0 Å². The van der Waals surface area contributed by atoms with Gasteiger partial charge in [0.25, 0.3) is 5.91 Å². The molecular formula is C27H24F4N2O. The summed E-state index contributed by atoms with van der Waals surface area (Å²) in [6.45, 7) is 1.39. The molecule has 0 saturated heterocycles. The predicted molar refractivity (Wildman–Crippen MR) is 122 cm³/mol. The summed E-state index contributed by atoms with van der Waals surface area (Å²) in [7, 11) is 0. The summed E-state index contributed by atoms with van der Waals surface area (Å²) in [5.41, 5.74) is 0.908. The first-order valence-electron chi connectivity index (χ1n) is 11.0. The third kappa shape index (κ3) is 5.47. The summed E-state index contributed by atoms with van der Waals surface area (Å²) < 4.78 is 53.2. The largest absolute Gasteiger partial charge is 0.419 e. The Balaban J connectivity index is 1.42. The van der Waals surface area contributed by atoms with Crippen LogP contribution in [0.15, 0.2) is 90.8 Å². The third-order valence-corrected chi connectivity index (χ3v) is 5.94. The van der Waals surface area contributed by atoms with Gasteiger partial charge in [-0.1, -0.05) is 66.7 Å². The highest BCUT2D eigenvalue weighted by molar-refractivity contribution is 5.95. The maximum absolute atomic E-state index is 14.3. The Kier molecular flexibility index (Phi) is 7.01. The van der Waals surface area contributed by atoms with Crippen molar-refractivity contribution in [2.75, 3.05) is 13.1 Å². The lowest BCUT2D eigenvalue weighted by Gasteiger charge is -2.22. The molecule has 7 heteroatoms. The molecule has 0 aromatic heterocycles. The number of nitrogens with one attached hydrogen (secondary N) is 1. The van der Waals surface area contributed by atoms with Crippen molar-refractivity contribution in [2.45, 2.75) is 24.9 Å². The van der Waals surface area contributed by atoms with E-state index in [0.717, 1.165) is 25.1 Å². The average molecular weight is 468 g/mol. The molecule has 1 amide bonds. The molecule has 176 valence electrons. The minimum atomic E-state index is -4.86. The lowest BCUT2D eigenvalue weighted by Crippen LogP contribution is -2.24. The second kappa shape index (κ2) is 10.1. The second-order valence-electron chi connectivity index (χ2n) is 8.22. The maximum Gasteiger partial charge on any atom is 0.419 e. The second-order valence-corrected chi connectivity index (χ2v) is 8.22. The van der Waals surface area contributed by atoms with E-state index in [9.17, 15) is 22.4 Å². The van der Waals surface area contributed by atoms with Gasteiger partial charge in [-0.3, -0.25) is 4.79 Å². The summed E-state index contributed by atoms with van der Waals surface area (Å²) in [4.78, 5) is 14.5. The third-order valence-electron chi connectivity index (χ3n) is 5.94. The Labute approximate surface area is 195 Å². The normalized spacial score (nSPS) is 13.8. The smallest absolute Gasteiger partial charge is 0.376 e. The number of amides is 1. The van der Waals surface area contributed by atoms with Crippen LogP contribution in [-0.4, -0.2) is 23.9 Å². The topological polar surface area (TPSA) is 32.3 Å². The molecule has 1 aliphatic rings. The molecule has 0 radical (unpaired) electrons. The Morgan fingerprint density at radius 3 is 2.12 bits per heavy atom. The molecule has 1 aliphatic heterocycles. The number of hydrogen-bond donors (Lipinski definition) is 1. The van der Waals surface area contributed by atoms with Gasteiger partial charge in [-0.15, -0.1) is 0 Å². The van der Waals surface area contributed by atoms with E-state index in [1.165, 1.54) is 11.1 Å². The number of nitrogens with zero attached hydrogens (tertiary/aromatic N) is 1. The zero-order valence-corrected chi connectivity index (χ0v) is 18.4. The number of carbonyl (C=O) groups is 1. The first-order chi connectivity index (χ1) is 16.3. The number of alkyl halides is 3. The number of carbonyl (C=O) groups excluding carboxylic acids is 1. The first-order valence-corrected chi connectivity index (χ1v) is 11.0. The molecule has 0 aliphatic carbocycles.